The quantitative estimate of drug-likeness (QED) is 0.486. The summed E-state index contributed by atoms with van der Waals surface area (Å²) in [4.78, 5) is 0. The molecule has 2 aliphatic heterocycles. The van der Waals surface area contributed by atoms with Crippen molar-refractivity contribution in [3.05, 3.63) is 0 Å². The van der Waals surface area contributed by atoms with Gasteiger partial charge in [-0.15, -0.1) is 0 Å². The zero-order valence-corrected chi connectivity index (χ0v) is 6.26. The van der Waals surface area contributed by atoms with Crippen LogP contribution in [0.1, 0.15) is 13.3 Å². The first-order chi connectivity index (χ1) is 4.86. The lowest BCUT2D eigenvalue weighted by molar-refractivity contribution is -0.101. The van der Waals surface area contributed by atoms with Gasteiger partial charge in [-0.25, -0.2) is 0 Å². The molecule has 0 spiro atoms. The fourth-order valence-corrected chi connectivity index (χ4v) is 1.52. The third-order valence-electron chi connectivity index (χ3n) is 2.24. The molecule has 0 aliphatic carbocycles. The van der Waals surface area contributed by atoms with E-state index < -0.39 is 0 Å². The van der Waals surface area contributed by atoms with E-state index in [1.807, 2.05) is 0 Å². The maximum absolute atomic E-state index is 5.29. The van der Waals surface area contributed by atoms with Gasteiger partial charge in [-0.1, -0.05) is 0 Å². The molecule has 2 heterocycles. The lowest BCUT2D eigenvalue weighted by Crippen LogP contribution is -2.59. The van der Waals surface area contributed by atoms with Crippen molar-refractivity contribution in [2.24, 2.45) is 0 Å². The van der Waals surface area contributed by atoms with Gasteiger partial charge in [-0.3, -0.25) is 5.32 Å². The molecule has 10 heavy (non-hydrogen) atoms. The van der Waals surface area contributed by atoms with Crippen molar-refractivity contribution in [1.82, 2.24) is 10.6 Å². The topological polar surface area (TPSA) is 33.3 Å². The molecule has 0 bridgehead atoms. The van der Waals surface area contributed by atoms with E-state index in [9.17, 15) is 0 Å². The third-order valence-corrected chi connectivity index (χ3v) is 2.24. The van der Waals surface area contributed by atoms with Gasteiger partial charge < -0.3 is 10.1 Å². The fraction of sp³-hybridized carbons (Fsp3) is 1.00. The fourth-order valence-electron chi connectivity index (χ4n) is 1.52. The van der Waals surface area contributed by atoms with Crippen LogP contribution in [0.3, 0.4) is 0 Å². The largest absolute Gasteiger partial charge is 0.360 e. The van der Waals surface area contributed by atoms with Crippen LogP contribution in [0.2, 0.25) is 0 Å². The van der Waals surface area contributed by atoms with E-state index in [2.05, 4.69) is 17.6 Å². The molecule has 3 atom stereocenters. The smallest absolute Gasteiger partial charge is 0.125 e. The summed E-state index contributed by atoms with van der Waals surface area (Å²) in [5.41, 5.74) is 0. The van der Waals surface area contributed by atoms with Crippen LogP contribution in [0.25, 0.3) is 0 Å². The first kappa shape index (κ1) is 6.58. The molecule has 2 N–H and O–H groups in total. The molecule has 2 aliphatic rings. The van der Waals surface area contributed by atoms with Gasteiger partial charge >= 0.3 is 0 Å². The summed E-state index contributed by atoms with van der Waals surface area (Å²) in [6.07, 6.45) is 1.50. The molecule has 2 fully saturated rings. The van der Waals surface area contributed by atoms with E-state index >= 15 is 0 Å². The third kappa shape index (κ3) is 1.05. The molecule has 2 saturated heterocycles. The van der Waals surface area contributed by atoms with E-state index in [0.29, 0.717) is 18.3 Å². The molecule has 58 valence electrons. The Labute approximate surface area is 61.1 Å². The first-order valence-electron chi connectivity index (χ1n) is 3.97. The minimum absolute atomic E-state index is 0.296. The Morgan fingerprint density at radius 3 is 3.10 bits per heavy atom. The average molecular weight is 142 g/mol. The maximum atomic E-state index is 5.29. The number of nitrogens with one attached hydrogen (secondary N) is 2. The van der Waals surface area contributed by atoms with E-state index in [0.717, 1.165) is 13.2 Å². The molecular weight excluding hydrogens is 128 g/mol. The second-order valence-electron chi connectivity index (χ2n) is 3.17. The second kappa shape index (κ2) is 2.49. The van der Waals surface area contributed by atoms with Gasteiger partial charge in [-0.05, 0) is 19.9 Å². The maximum Gasteiger partial charge on any atom is 0.125 e. The lowest BCUT2D eigenvalue weighted by atomic mass is 10.2. The summed E-state index contributed by atoms with van der Waals surface area (Å²) in [6.45, 7) is 4.18. The van der Waals surface area contributed by atoms with Crippen molar-refractivity contribution in [3.63, 3.8) is 0 Å². The van der Waals surface area contributed by atoms with Crippen LogP contribution in [-0.2, 0) is 4.74 Å². The second-order valence-corrected chi connectivity index (χ2v) is 3.17. The van der Waals surface area contributed by atoms with Crippen molar-refractivity contribution in [2.75, 3.05) is 13.2 Å². The standard InChI is InChI=1S/C7H14N2O/c1-5-2-3-8-7-6(9-5)4-10-7/h5-9H,2-4H2,1H3. The summed E-state index contributed by atoms with van der Waals surface area (Å²) in [6, 6.07) is 1.21. The predicted octanol–water partition coefficient (Wildman–Crippen LogP) is -0.317. The Kier molecular flexibility index (Phi) is 1.64. The van der Waals surface area contributed by atoms with Gasteiger partial charge in [0.25, 0.3) is 0 Å². The van der Waals surface area contributed by atoms with Gasteiger partial charge in [-0.2, -0.15) is 0 Å². The van der Waals surface area contributed by atoms with Gasteiger partial charge in [0.15, 0.2) is 0 Å². The summed E-state index contributed by atoms with van der Waals surface area (Å²) in [5.74, 6) is 0. The summed E-state index contributed by atoms with van der Waals surface area (Å²) < 4.78 is 5.29. The van der Waals surface area contributed by atoms with Crippen LogP contribution in [0, 0.1) is 0 Å². The molecule has 3 nitrogen and oxygen atoms in total. The summed E-state index contributed by atoms with van der Waals surface area (Å²) in [5, 5.41) is 6.82. The van der Waals surface area contributed by atoms with Crippen molar-refractivity contribution < 1.29 is 4.74 Å². The first-order valence-corrected chi connectivity index (χ1v) is 3.97. The minimum Gasteiger partial charge on any atom is -0.360 e. The lowest BCUT2D eigenvalue weighted by Gasteiger charge is -2.36. The monoisotopic (exact) mass is 142 g/mol. The van der Waals surface area contributed by atoms with Crippen LogP contribution in [0.5, 0.6) is 0 Å². The Bertz CT molecular complexity index is 129. The van der Waals surface area contributed by atoms with Crippen LogP contribution >= 0.6 is 0 Å². The molecule has 2 rings (SSSR count). The Morgan fingerprint density at radius 1 is 1.50 bits per heavy atom. The van der Waals surface area contributed by atoms with Gasteiger partial charge in [0.2, 0.25) is 0 Å². The average Bonchev–Trinajstić information content (AvgIpc) is 1.99. The van der Waals surface area contributed by atoms with Crippen molar-refractivity contribution >= 4 is 0 Å². The molecule has 0 aromatic heterocycles. The van der Waals surface area contributed by atoms with E-state index in [4.69, 9.17) is 4.74 Å². The summed E-state index contributed by atoms with van der Waals surface area (Å²) in [7, 11) is 0. The number of hydrogen-bond acceptors (Lipinski definition) is 3. The Hall–Kier alpha value is -0.120. The highest BCUT2D eigenvalue weighted by Crippen LogP contribution is 2.13. The van der Waals surface area contributed by atoms with Crippen molar-refractivity contribution in [1.29, 1.82) is 0 Å². The van der Waals surface area contributed by atoms with Crippen LogP contribution in [0.4, 0.5) is 0 Å². The molecule has 0 radical (unpaired) electrons. The Balaban J connectivity index is 1.93. The number of rotatable bonds is 0. The van der Waals surface area contributed by atoms with Crippen molar-refractivity contribution in [3.8, 4) is 0 Å². The molecule has 0 saturated carbocycles. The molecule has 3 heteroatoms. The summed E-state index contributed by atoms with van der Waals surface area (Å²) >= 11 is 0. The number of hydrogen-bond donors (Lipinski definition) is 2. The molecule has 0 amide bonds. The van der Waals surface area contributed by atoms with E-state index in [1.165, 1.54) is 6.42 Å². The van der Waals surface area contributed by atoms with Crippen LogP contribution in [0.15, 0.2) is 0 Å². The van der Waals surface area contributed by atoms with E-state index in [1.54, 1.807) is 0 Å². The highest BCUT2D eigenvalue weighted by Gasteiger charge is 2.34. The highest BCUT2D eigenvalue weighted by molar-refractivity contribution is 4.88. The number of fused-ring (bicyclic) bond motifs is 1. The molecule has 3 unspecified atom stereocenters. The van der Waals surface area contributed by atoms with Gasteiger partial charge in [0.1, 0.15) is 6.23 Å². The number of ether oxygens (including phenoxy) is 1. The zero-order chi connectivity index (χ0) is 6.97. The normalized spacial score (nSPS) is 47.1. The van der Waals surface area contributed by atoms with Gasteiger partial charge in [0, 0.05) is 6.04 Å². The molecule has 0 aromatic carbocycles. The minimum atomic E-state index is 0.296. The van der Waals surface area contributed by atoms with Crippen molar-refractivity contribution in [2.45, 2.75) is 31.7 Å². The molecular formula is C7H14N2O. The predicted molar refractivity (Wildman–Crippen MR) is 38.7 cm³/mol. The Morgan fingerprint density at radius 2 is 2.40 bits per heavy atom. The van der Waals surface area contributed by atoms with Gasteiger partial charge in [0.05, 0.1) is 12.6 Å². The molecule has 0 aromatic rings. The van der Waals surface area contributed by atoms with Crippen LogP contribution < -0.4 is 10.6 Å². The SMILES string of the molecule is CC1CCNC2OCC2N1. The van der Waals surface area contributed by atoms with Crippen LogP contribution in [-0.4, -0.2) is 31.5 Å². The van der Waals surface area contributed by atoms with E-state index in [-0.39, 0.29) is 0 Å². The zero-order valence-electron chi connectivity index (χ0n) is 6.26. The highest BCUT2D eigenvalue weighted by atomic mass is 16.5.